The molecule has 1 fully saturated rings. The van der Waals surface area contributed by atoms with Gasteiger partial charge in [-0.3, -0.25) is 9.88 Å². The summed E-state index contributed by atoms with van der Waals surface area (Å²) >= 11 is 0. The maximum atomic E-state index is 5.12. The molecule has 0 N–H and O–H groups in total. The molecule has 3 heterocycles. The number of fused-ring (bicyclic) bond motifs is 2. The second kappa shape index (κ2) is 9.20. The van der Waals surface area contributed by atoms with Gasteiger partial charge in [-0.2, -0.15) is 0 Å². The summed E-state index contributed by atoms with van der Waals surface area (Å²) in [6.07, 6.45) is 6.66. The maximum Gasteiger partial charge on any atom is 0.123 e. The first-order valence-corrected chi connectivity index (χ1v) is 12.2. The number of rotatable bonds is 6. The standard InChI is InChI=1S/C26H36N6/c1-4-14-32(22-11-5-8-20-9-7-13-27-25(20)22)19-24-28-21-10-6-12-23(26(21)30(24)3)31-17-15-29(2)16-18-31/h6-7,9-10,12-13,22H,4-5,8,11,14-19H2,1-3H3/t22-/m0/s1. The van der Waals surface area contributed by atoms with Gasteiger partial charge in [0.15, 0.2) is 0 Å². The fourth-order valence-corrected chi connectivity index (χ4v) is 5.49. The lowest BCUT2D eigenvalue weighted by atomic mass is 9.90. The Hall–Kier alpha value is -2.44. The molecule has 0 unspecified atom stereocenters. The molecule has 1 aliphatic carbocycles. The highest BCUT2D eigenvalue weighted by atomic mass is 15.3. The lowest BCUT2D eigenvalue weighted by molar-refractivity contribution is 0.161. The molecular weight excluding hydrogens is 396 g/mol. The maximum absolute atomic E-state index is 5.12. The number of likely N-dealkylation sites (N-methyl/N-ethyl adjacent to an activating group) is 1. The van der Waals surface area contributed by atoms with Crippen LogP contribution in [0.4, 0.5) is 5.69 Å². The van der Waals surface area contributed by atoms with Crippen LogP contribution in [0.1, 0.15) is 49.3 Å². The SMILES string of the molecule is CCCN(Cc1nc2cccc(N3CCN(C)CC3)c2n1C)[C@H]1CCCc2cccnc21. The zero-order chi connectivity index (χ0) is 22.1. The first-order chi connectivity index (χ1) is 15.7. The minimum atomic E-state index is 0.386. The van der Waals surface area contributed by atoms with E-state index in [-0.39, 0.29) is 0 Å². The van der Waals surface area contributed by atoms with E-state index >= 15 is 0 Å². The van der Waals surface area contributed by atoms with Crippen LogP contribution in [0.2, 0.25) is 0 Å². The summed E-state index contributed by atoms with van der Waals surface area (Å²) in [5.41, 5.74) is 6.41. The van der Waals surface area contributed by atoms with E-state index in [9.17, 15) is 0 Å². The average Bonchev–Trinajstić information content (AvgIpc) is 3.14. The molecule has 0 bridgehead atoms. The Morgan fingerprint density at radius 1 is 1.06 bits per heavy atom. The molecular formula is C26H36N6. The molecule has 5 rings (SSSR count). The Morgan fingerprint density at radius 3 is 2.72 bits per heavy atom. The molecule has 0 spiro atoms. The van der Waals surface area contributed by atoms with Crippen molar-refractivity contribution < 1.29 is 0 Å². The number of pyridine rings is 1. The summed E-state index contributed by atoms with van der Waals surface area (Å²) < 4.78 is 2.34. The normalized spacial score (nSPS) is 19.6. The van der Waals surface area contributed by atoms with Crippen molar-refractivity contribution in [3.8, 4) is 0 Å². The van der Waals surface area contributed by atoms with Crippen molar-refractivity contribution in [3.05, 3.63) is 53.6 Å². The number of benzene rings is 1. The molecule has 6 nitrogen and oxygen atoms in total. The van der Waals surface area contributed by atoms with Crippen molar-refractivity contribution in [1.29, 1.82) is 0 Å². The van der Waals surface area contributed by atoms with E-state index in [1.54, 1.807) is 0 Å². The Labute approximate surface area is 191 Å². The molecule has 3 aromatic rings. The first kappa shape index (κ1) is 21.4. The van der Waals surface area contributed by atoms with E-state index in [1.807, 2.05) is 6.20 Å². The topological polar surface area (TPSA) is 40.4 Å². The zero-order valence-corrected chi connectivity index (χ0v) is 19.8. The lowest BCUT2D eigenvalue weighted by Crippen LogP contribution is -2.44. The van der Waals surface area contributed by atoms with E-state index in [2.05, 4.69) is 70.6 Å². The number of nitrogens with zero attached hydrogens (tertiary/aromatic N) is 6. The minimum Gasteiger partial charge on any atom is -0.367 e. The molecule has 0 amide bonds. The highest BCUT2D eigenvalue weighted by Gasteiger charge is 2.28. The number of imidazole rings is 1. The second-order valence-corrected chi connectivity index (χ2v) is 9.45. The number of aromatic nitrogens is 3. The van der Waals surface area contributed by atoms with Gasteiger partial charge in [0.2, 0.25) is 0 Å². The molecule has 32 heavy (non-hydrogen) atoms. The van der Waals surface area contributed by atoms with Crippen molar-refractivity contribution in [1.82, 2.24) is 24.3 Å². The van der Waals surface area contributed by atoms with E-state index in [0.29, 0.717) is 6.04 Å². The number of piperazine rings is 1. The van der Waals surface area contributed by atoms with Crippen molar-refractivity contribution in [3.63, 3.8) is 0 Å². The molecule has 1 atom stereocenters. The number of aryl methyl sites for hydroxylation is 2. The summed E-state index contributed by atoms with van der Waals surface area (Å²) in [5, 5.41) is 0. The van der Waals surface area contributed by atoms with Crippen molar-refractivity contribution in [2.75, 3.05) is 44.7 Å². The average molecular weight is 433 g/mol. The van der Waals surface area contributed by atoms with Crippen LogP contribution in [0.5, 0.6) is 0 Å². The van der Waals surface area contributed by atoms with Crippen LogP contribution in [0.25, 0.3) is 11.0 Å². The van der Waals surface area contributed by atoms with Crippen LogP contribution < -0.4 is 4.90 Å². The molecule has 6 heteroatoms. The molecule has 1 aromatic carbocycles. The van der Waals surface area contributed by atoms with Crippen molar-refractivity contribution in [2.24, 2.45) is 7.05 Å². The third-order valence-corrected chi connectivity index (χ3v) is 7.27. The number of hydrogen-bond donors (Lipinski definition) is 0. The number of para-hydroxylation sites is 1. The number of hydrogen-bond acceptors (Lipinski definition) is 5. The van der Waals surface area contributed by atoms with Gasteiger partial charge in [0, 0.05) is 39.4 Å². The first-order valence-electron chi connectivity index (χ1n) is 12.2. The summed E-state index contributed by atoms with van der Waals surface area (Å²) in [5.74, 6) is 1.15. The van der Waals surface area contributed by atoms with E-state index in [1.165, 1.54) is 35.3 Å². The molecule has 1 aliphatic heterocycles. The summed E-state index contributed by atoms with van der Waals surface area (Å²) in [6, 6.07) is 11.3. The lowest BCUT2D eigenvalue weighted by Gasteiger charge is -2.35. The number of anilines is 1. The van der Waals surface area contributed by atoms with Crippen LogP contribution in [0, 0.1) is 0 Å². The summed E-state index contributed by atoms with van der Waals surface area (Å²) in [6.45, 7) is 8.57. The van der Waals surface area contributed by atoms with Gasteiger partial charge in [-0.15, -0.1) is 0 Å². The van der Waals surface area contributed by atoms with Gasteiger partial charge < -0.3 is 14.4 Å². The van der Waals surface area contributed by atoms with E-state index < -0.39 is 0 Å². The monoisotopic (exact) mass is 432 g/mol. The Balaban J connectivity index is 1.47. The fourth-order valence-electron chi connectivity index (χ4n) is 5.49. The fraction of sp³-hybridized carbons (Fsp3) is 0.538. The molecule has 1 saturated heterocycles. The van der Waals surface area contributed by atoms with Crippen molar-refractivity contribution >= 4 is 16.7 Å². The Bertz CT molecular complexity index is 1070. The third-order valence-electron chi connectivity index (χ3n) is 7.27. The Kier molecular flexibility index (Phi) is 6.15. The van der Waals surface area contributed by atoms with Gasteiger partial charge in [0.1, 0.15) is 5.82 Å². The predicted molar refractivity (Wildman–Crippen MR) is 131 cm³/mol. The largest absolute Gasteiger partial charge is 0.367 e. The van der Waals surface area contributed by atoms with Gasteiger partial charge >= 0.3 is 0 Å². The van der Waals surface area contributed by atoms with E-state index in [4.69, 9.17) is 9.97 Å². The second-order valence-electron chi connectivity index (χ2n) is 9.45. The summed E-state index contributed by atoms with van der Waals surface area (Å²) in [4.78, 5) is 17.5. The molecule has 2 aliphatic rings. The van der Waals surface area contributed by atoms with Gasteiger partial charge in [-0.25, -0.2) is 4.98 Å². The van der Waals surface area contributed by atoms with Crippen LogP contribution in [0.3, 0.4) is 0 Å². The predicted octanol–water partition coefficient (Wildman–Crippen LogP) is 4.01. The minimum absolute atomic E-state index is 0.386. The van der Waals surface area contributed by atoms with Gasteiger partial charge in [0.25, 0.3) is 0 Å². The van der Waals surface area contributed by atoms with Crippen LogP contribution in [-0.2, 0) is 20.0 Å². The summed E-state index contributed by atoms with van der Waals surface area (Å²) in [7, 11) is 4.40. The van der Waals surface area contributed by atoms with Gasteiger partial charge in [-0.1, -0.05) is 19.1 Å². The van der Waals surface area contributed by atoms with E-state index in [0.717, 1.165) is 63.5 Å². The van der Waals surface area contributed by atoms with Crippen LogP contribution in [0.15, 0.2) is 36.5 Å². The Morgan fingerprint density at radius 2 is 1.91 bits per heavy atom. The van der Waals surface area contributed by atoms with Gasteiger partial charge in [0.05, 0.1) is 35.0 Å². The highest BCUT2D eigenvalue weighted by molar-refractivity contribution is 5.89. The molecule has 0 saturated carbocycles. The molecule has 170 valence electrons. The smallest absolute Gasteiger partial charge is 0.123 e. The highest BCUT2D eigenvalue weighted by Crippen LogP contribution is 2.35. The molecule has 2 aromatic heterocycles. The van der Waals surface area contributed by atoms with Crippen LogP contribution in [-0.4, -0.2) is 64.1 Å². The molecule has 0 radical (unpaired) electrons. The quantitative estimate of drug-likeness (QED) is 0.589. The van der Waals surface area contributed by atoms with Crippen molar-refractivity contribution in [2.45, 2.75) is 45.2 Å². The third kappa shape index (κ3) is 4.02. The van der Waals surface area contributed by atoms with Crippen LogP contribution >= 0.6 is 0 Å². The van der Waals surface area contributed by atoms with Gasteiger partial charge in [-0.05, 0) is 63.0 Å². The zero-order valence-electron chi connectivity index (χ0n) is 19.8.